The first-order valence-electron chi connectivity index (χ1n) is 7.15. The van der Waals surface area contributed by atoms with Gasteiger partial charge in [0.1, 0.15) is 0 Å². The zero-order valence-corrected chi connectivity index (χ0v) is 12.1. The van der Waals surface area contributed by atoms with Gasteiger partial charge in [-0.2, -0.15) is 0 Å². The molecule has 1 aliphatic rings. The number of nitrogens with zero attached hydrogens (tertiary/aromatic N) is 1. The number of hydrogen-bond donors (Lipinski definition) is 1. The van der Waals surface area contributed by atoms with Crippen LogP contribution in [0.25, 0.3) is 0 Å². The maximum Gasteiger partial charge on any atom is 0.255 e. The summed E-state index contributed by atoms with van der Waals surface area (Å²) in [6.07, 6.45) is 2.58. The van der Waals surface area contributed by atoms with Crippen molar-refractivity contribution in [3.63, 3.8) is 0 Å². The fourth-order valence-corrected chi connectivity index (χ4v) is 2.55. The molecule has 1 saturated heterocycles. The highest BCUT2D eigenvalue weighted by Gasteiger charge is 2.27. The molecule has 1 aromatic rings. The first kappa shape index (κ1) is 14.6. The summed E-state index contributed by atoms with van der Waals surface area (Å²) >= 11 is 0. The van der Waals surface area contributed by atoms with E-state index in [1.54, 1.807) is 0 Å². The van der Waals surface area contributed by atoms with E-state index >= 15 is 0 Å². The van der Waals surface area contributed by atoms with Crippen molar-refractivity contribution >= 4 is 5.91 Å². The van der Waals surface area contributed by atoms with E-state index in [2.05, 4.69) is 18.8 Å². The SMILES string of the molecule is Cc1ccc(C(=O)N2CCCC2C)c(C#CCCO)c1. The van der Waals surface area contributed by atoms with Crippen LogP contribution in [-0.2, 0) is 0 Å². The van der Waals surface area contributed by atoms with Gasteiger partial charge in [-0.1, -0.05) is 17.9 Å². The van der Waals surface area contributed by atoms with E-state index in [9.17, 15) is 4.79 Å². The van der Waals surface area contributed by atoms with Crippen molar-refractivity contribution in [2.45, 2.75) is 39.2 Å². The van der Waals surface area contributed by atoms with Crippen LogP contribution in [0.1, 0.15) is 47.7 Å². The average molecular weight is 271 g/mol. The molecule has 1 aliphatic heterocycles. The van der Waals surface area contributed by atoms with E-state index in [0.717, 1.165) is 30.5 Å². The van der Waals surface area contributed by atoms with E-state index < -0.39 is 0 Å². The van der Waals surface area contributed by atoms with Gasteiger partial charge < -0.3 is 10.0 Å². The summed E-state index contributed by atoms with van der Waals surface area (Å²) in [5.74, 6) is 5.99. The zero-order chi connectivity index (χ0) is 14.5. The van der Waals surface area contributed by atoms with Crippen LogP contribution >= 0.6 is 0 Å². The maximum atomic E-state index is 12.6. The Labute approximate surface area is 120 Å². The molecule has 0 bridgehead atoms. The van der Waals surface area contributed by atoms with E-state index in [1.807, 2.05) is 30.0 Å². The van der Waals surface area contributed by atoms with Crippen molar-refractivity contribution in [2.75, 3.05) is 13.2 Å². The lowest BCUT2D eigenvalue weighted by Gasteiger charge is -2.22. The fraction of sp³-hybridized carbons (Fsp3) is 0.471. The number of likely N-dealkylation sites (tertiary alicyclic amines) is 1. The molecule has 20 heavy (non-hydrogen) atoms. The van der Waals surface area contributed by atoms with Crippen LogP contribution in [0.3, 0.4) is 0 Å². The monoisotopic (exact) mass is 271 g/mol. The van der Waals surface area contributed by atoms with Crippen molar-refractivity contribution in [1.29, 1.82) is 0 Å². The molecular formula is C17H21NO2. The Bertz CT molecular complexity index is 554. The largest absolute Gasteiger partial charge is 0.395 e. The number of aryl methyl sites for hydroxylation is 1. The molecule has 106 valence electrons. The van der Waals surface area contributed by atoms with Crippen molar-refractivity contribution in [1.82, 2.24) is 4.90 Å². The lowest BCUT2D eigenvalue weighted by Crippen LogP contribution is -2.34. The first-order valence-corrected chi connectivity index (χ1v) is 7.15. The van der Waals surface area contributed by atoms with Crippen LogP contribution < -0.4 is 0 Å². The number of aliphatic hydroxyl groups excluding tert-OH is 1. The summed E-state index contributed by atoms with van der Waals surface area (Å²) in [6, 6.07) is 6.07. The summed E-state index contributed by atoms with van der Waals surface area (Å²) in [5, 5.41) is 8.81. The molecule has 0 radical (unpaired) electrons. The standard InChI is InChI=1S/C17H21NO2/c1-13-8-9-16(15(12-13)7-3-4-11-19)17(20)18-10-5-6-14(18)2/h8-9,12,14,19H,4-6,10-11H2,1-2H3. The van der Waals surface area contributed by atoms with Crippen LogP contribution in [-0.4, -0.2) is 35.1 Å². The molecule has 1 unspecified atom stereocenters. The third-order valence-electron chi connectivity index (χ3n) is 3.68. The van der Waals surface area contributed by atoms with Gasteiger partial charge in [0, 0.05) is 24.6 Å². The van der Waals surface area contributed by atoms with Gasteiger partial charge in [-0.05, 0) is 44.4 Å². The highest BCUT2D eigenvalue weighted by Crippen LogP contribution is 2.21. The van der Waals surface area contributed by atoms with Crippen LogP contribution in [0.2, 0.25) is 0 Å². The molecular weight excluding hydrogens is 250 g/mol. The lowest BCUT2D eigenvalue weighted by atomic mass is 10.0. The molecule has 1 aromatic carbocycles. The molecule has 1 heterocycles. The predicted octanol–water partition coefficient (Wildman–Crippen LogP) is 2.35. The second-order valence-electron chi connectivity index (χ2n) is 5.31. The molecule has 1 fully saturated rings. The quantitative estimate of drug-likeness (QED) is 0.839. The van der Waals surface area contributed by atoms with Crippen LogP contribution in [0, 0.1) is 18.8 Å². The maximum absolute atomic E-state index is 12.6. The van der Waals surface area contributed by atoms with Crippen LogP contribution in [0.4, 0.5) is 0 Å². The minimum atomic E-state index is 0.0469. The predicted molar refractivity (Wildman–Crippen MR) is 79.5 cm³/mol. The van der Waals surface area contributed by atoms with Crippen LogP contribution in [0.5, 0.6) is 0 Å². The van der Waals surface area contributed by atoms with Gasteiger partial charge >= 0.3 is 0 Å². The lowest BCUT2D eigenvalue weighted by molar-refractivity contribution is 0.0747. The van der Waals surface area contributed by atoms with Crippen molar-refractivity contribution in [3.8, 4) is 11.8 Å². The van der Waals surface area contributed by atoms with E-state index in [0.29, 0.717) is 18.0 Å². The molecule has 2 rings (SSSR count). The number of rotatable bonds is 2. The van der Waals surface area contributed by atoms with Crippen molar-refractivity contribution in [2.24, 2.45) is 0 Å². The second-order valence-corrected chi connectivity index (χ2v) is 5.31. The summed E-state index contributed by atoms with van der Waals surface area (Å²) in [6.45, 7) is 4.96. The Kier molecular flexibility index (Phi) is 4.81. The summed E-state index contributed by atoms with van der Waals surface area (Å²) in [4.78, 5) is 14.6. The molecule has 3 nitrogen and oxygen atoms in total. The van der Waals surface area contributed by atoms with Crippen LogP contribution in [0.15, 0.2) is 18.2 Å². The smallest absolute Gasteiger partial charge is 0.255 e. The molecule has 1 atom stereocenters. The number of aliphatic hydroxyl groups is 1. The van der Waals surface area contributed by atoms with E-state index in [-0.39, 0.29) is 12.5 Å². The molecule has 0 aliphatic carbocycles. The van der Waals surface area contributed by atoms with E-state index in [4.69, 9.17) is 5.11 Å². The Hall–Kier alpha value is -1.79. The molecule has 1 N–H and O–H groups in total. The third kappa shape index (κ3) is 3.20. The Morgan fingerprint density at radius 2 is 2.30 bits per heavy atom. The van der Waals surface area contributed by atoms with Crippen molar-refractivity contribution < 1.29 is 9.90 Å². The molecule has 0 saturated carbocycles. The highest BCUT2D eigenvalue weighted by molar-refractivity contribution is 5.97. The highest BCUT2D eigenvalue weighted by atomic mass is 16.2. The van der Waals surface area contributed by atoms with Crippen molar-refractivity contribution in [3.05, 3.63) is 34.9 Å². The van der Waals surface area contributed by atoms with Gasteiger partial charge in [-0.3, -0.25) is 4.79 Å². The number of amides is 1. The second kappa shape index (κ2) is 6.58. The summed E-state index contributed by atoms with van der Waals surface area (Å²) in [5.41, 5.74) is 2.53. The fourth-order valence-electron chi connectivity index (χ4n) is 2.55. The minimum absolute atomic E-state index is 0.0469. The number of benzene rings is 1. The molecule has 1 amide bonds. The van der Waals surface area contributed by atoms with Gasteiger partial charge in [0.25, 0.3) is 5.91 Å². The van der Waals surface area contributed by atoms with E-state index in [1.165, 1.54) is 0 Å². The topological polar surface area (TPSA) is 40.5 Å². The number of carbonyl (C=O) groups excluding carboxylic acids is 1. The van der Waals surface area contributed by atoms with Gasteiger partial charge in [0.15, 0.2) is 0 Å². The molecule has 3 heteroatoms. The number of carbonyl (C=O) groups is 1. The Morgan fingerprint density at radius 3 is 2.95 bits per heavy atom. The Balaban J connectivity index is 2.31. The summed E-state index contributed by atoms with van der Waals surface area (Å²) in [7, 11) is 0. The normalized spacial score (nSPS) is 17.8. The first-order chi connectivity index (χ1) is 9.63. The van der Waals surface area contributed by atoms with Gasteiger partial charge in [-0.15, -0.1) is 0 Å². The summed E-state index contributed by atoms with van der Waals surface area (Å²) < 4.78 is 0. The Morgan fingerprint density at radius 1 is 1.50 bits per heavy atom. The molecule has 0 aromatic heterocycles. The van der Waals surface area contributed by atoms with Gasteiger partial charge in [-0.25, -0.2) is 0 Å². The average Bonchev–Trinajstić information content (AvgIpc) is 2.85. The zero-order valence-electron chi connectivity index (χ0n) is 12.1. The minimum Gasteiger partial charge on any atom is -0.395 e. The number of hydrogen-bond acceptors (Lipinski definition) is 2. The van der Waals surface area contributed by atoms with Gasteiger partial charge in [0.2, 0.25) is 0 Å². The third-order valence-corrected chi connectivity index (χ3v) is 3.68. The molecule has 0 spiro atoms. The van der Waals surface area contributed by atoms with Gasteiger partial charge in [0.05, 0.1) is 12.2 Å².